The molecule has 4 rings (SSSR count). The quantitative estimate of drug-likeness (QED) is 0.633. The Morgan fingerprint density at radius 3 is 2.73 bits per heavy atom. The third kappa shape index (κ3) is 4.66. The molecule has 0 spiro atoms. The number of nitrogens with zero attached hydrogens (tertiary/aromatic N) is 4. The Kier molecular flexibility index (Phi) is 6.29. The third-order valence-electron chi connectivity index (χ3n) is 5.90. The average Bonchev–Trinajstić information content (AvgIpc) is 3.46. The number of nitrogens with one attached hydrogen (secondary N) is 1. The summed E-state index contributed by atoms with van der Waals surface area (Å²) < 4.78 is 8.22. The molecule has 2 atom stereocenters. The summed E-state index contributed by atoms with van der Waals surface area (Å²) in [6, 6.07) is -0.00377. The van der Waals surface area contributed by atoms with Crippen molar-refractivity contribution in [2.45, 2.75) is 65.3 Å². The SMILES string of the molecule is CC(C)Cn1c(O)c(C(=O)NC2CC2)c(=O)n2ncc(/C=C/C(=O)N3C[C@H](C)OC[C@H]3C)c12. The first kappa shape index (κ1) is 23.0. The minimum Gasteiger partial charge on any atom is -0.494 e. The highest BCUT2D eigenvalue weighted by Gasteiger charge is 2.30. The van der Waals surface area contributed by atoms with Crippen molar-refractivity contribution in [2.75, 3.05) is 13.2 Å². The van der Waals surface area contributed by atoms with E-state index in [1.807, 2.05) is 27.7 Å². The molecular weight excluding hydrogens is 426 g/mol. The van der Waals surface area contributed by atoms with E-state index in [0.29, 0.717) is 30.9 Å². The number of aromatic nitrogens is 3. The van der Waals surface area contributed by atoms with Crippen molar-refractivity contribution in [1.29, 1.82) is 0 Å². The van der Waals surface area contributed by atoms with Gasteiger partial charge in [0.2, 0.25) is 11.8 Å². The summed E-state index contributed by atoms with van der Waals surface area (Å²) in [5.41, 5.74) is -0.177. The van der Waals surface area contributed by atoms with Gasteiger partial charge in [-0.1, -0.05) is 13.8 Å². The Labute approximate surface area is 191 Å². The summed E-state index contributed by atoms with van der Waals surface area (Å²) in [6.07, 6.45) is 6.19. The van der Waals surface area contributed by atoms with Crippen LogP contribution in [-0.4, -0.2) is 67.3 Å². The predicted molar refractivity (Wildman–Crippen MR) is 122 cm³/mol. The second kappa shape index (κ2) is 9.01. The Balaban J connectivity index is 1.74. The summed E-state index contributed by atoms with van der Waals surface area (Å²) in [5.74, 6) is -1.04. The molecule has 2 aromatic heterocycles. The van der Waals surface area contributed by atoms with E-state index in [-0.39, 0.29) is 35.6 Å². The van der Waals surface area contributed by atoms with Gasteiger partial charge in [-0.15, -0.1) is 0 Å². The standard InChI is InChI=1S/C23H31N5O5/c1-13(2)10-27-21-16(5-8-18(29)26-11-15(4)33-12-14(26)3)9-24-28(21)23(32)19(22(27)31)20(30)25-17-6-7-17/h5,8-9,13-15,17,31H,6-7,10-12H2,1-4H3,(H,25,30)/b8-5+/t14-,15+/m1/s1. The van der Waals surface area contributed by atoms with Crippen LogP contribution in [0.5, 0.6) is 5.88 Å². The fraction of sp³-hybridized carbons (Fsp3) is 0.565. The molecule has 2 N–H and O–H groups in total. The highest BCUT2D eigenvalue weighted by molar-refractivity contribution is 5.97. The number of fused-ring (bicyclic) bond motifs is 1. The van der Waals surface area contributed by atoms with Crippen LogP contribution < -0.4 is 10.9 Å². The Morgan fingerprint density at radius 2 is 2.06 bits per heavy atom. The number of morpholine rings is 1. The highest BCUT2D eigenvalue weighted by Crippen LogP contribution is 2.25. The fourth-order valence-electron chi connectivity index (χ4n) is 4.02. The van der Waals surface area contributed by atoms with Gasteiger partial charge in [0.05, 0.1) is 24.9 Å². The molecule has 0 bridgehead atoms. The monoisotopic (exact) mass is 457 g/mol. The topological polar surface area (TPSA) is 118 Å². The zero-order valence-corrected chi connectivity index (χ0v) is 19.4. The van der Waals surface area contributed by atoms with E-state index >= 15 is 0 Å². The Hall–Kier alpha value is -3.14. The van der Waals surface area contributed by atoms with E-state index in [9.17, 15) is 19.5 Å². The van der Waals surface area contributed by atoms with Crippen LogP contribution in [0, 0.1) is 5.92 Å². The molecule has 2 aromatic rings. The van der Waals surface area contributed by atoms with Crippen molar-refractivity contribution in [3.8, 4) is 5.88 Å². The summed E-state index contributed by atoms with van der Waals surface area (Å²) in [6.45, 7) is 9.12. The van der Waals surface area contributed by atoms with Crippen LogP contribution in [0.15, 0.2) is 17.1 Å². The lowest BCUT2D eigenvalue weighted by atomic mass is 10.2. The van der Waals surface area contributed by atoms with Gasteiger partial charge in [0.1, 0.15) is 5.65 Å². The number of amides is 2. The Bertz CT molecular complexity index is 1160. The number of carbonyl (C=O) groups is 2. The number of rotatable bonds is 6. The molecule has 1 saturated carbocycles. The number of aromatic hydroxyl groups is 1. The van der Waals surface area contributed by atoms with Crippen LogP contribution in [0.2, 0.25) is 0 Å². The molecule has 0 radical (unpaired) electrons. The molecule has 0 unspecified atom stereocenters. The van der Waals surface area contributed by atoms with E-state index in [4.69, 9.17) is 4.74 Å². The number of hydrogen-bond acceptors (Lipinski definition) is 6. The maximum Gasteiger partial charge on any atom is 0.291 e. The zero-order chi connectivity index (χ0) is 23.9. The second-order valence-corrected chi connectivity index (χ2v) is 9.41. The van der Waals surface area contributed by atoms with Gasteiger partial charge in [-0.3, -0.25) is 19.0 Å². The predicted octanol–water partition coefficient (Wildman–Crippen LogP) is 1.40. The van der Waals surface area contributed by atoms with Gasteiger partial charge in [-0.05, 0) is 38.7 Å². The third-order valence-corrected chi connectivity index (χ3v) is 5.90. The van der Waals surface area contributed by atoms with Gasteiger partial charge in [0, 0.05) is 30.8 Å². The lowest BCUT2D eigenvalue weighted by molar-refractivity contribution is -0.137. The van der Waals surface area contributed by atoms with E-state index in [0.717, 1.165) is 17.4 Å². The Morgan fingerprint density at radius 1 is 1.33 bits per heavy atom. The number of ether oxygens (including phenoxy) is 1. The van der Waals surface area contributed by atoms with E-state index < -0.39 is 17.3 Å². The van der Waals surface area contributed by atoms with Crippen molar-refractivity contribution >= 4 is 23.5 Å². The summed E-state index contributed by atoms with van der Waals surface area (Å²) in [5, 5.41) is 17.9. The summed E-state index contributed by atoms with van der Waals surface area (Å²) >= 11 is 0. The van der Waals surface area contributed by atoms with E-state index in [1.165, 1.54) is 16.8 Å². The van der Waals surface area contributed by atoms with Gasteiger partial charge in [0.15, 0.2) is 5.56 Å². The summed E-state index contributed by atoms with van der Waals surface area (Å²) in [7, 11) is 0. The first-order chi connectivity index (χ1) is 15.7. The lowest BCUT2D eigenvalue weighted by Crippen LogP contribution is -2.49. The van der Waals surface area contributed by atoms with Gasteiger partial charge in [-0.25, -0.2) is 0 Å². The van der Waals surface area contributed by atoms with Crippen molar-refractivity contribution in [3.63, 3.8) is 0 Å². The maximum atomic E-state index is 13.1. The molecule has 1 saturated heterocycles. The zero-order valence-electron chi connectivity index (χ0n) is 19.4. The molecule has 2 fully saturated rings. The van der Waals surface area contributed by atoms with Crippen LogP contribution in [0.1, 0.15) is 56.5 Å². The highest BCUT2D eigenvalue weighted by atomic mass is 16.5. The molecule has 1 aliphatic heterocycles. The van der Waals surface area contributed by atoms with Gasteiger partial charge >= 0.3 is 0 Å². The molecule has 0 aromatic carbocycles. The van der Waals surface area contributed by atoms with Crippen molar-refractivity contribution in [3.05, 3.63) is 33.8 Å². The van der Waals surface area contributed by atoms with Crippen molar-refractivity contribution in [1.82, 2.24) is 24.4 Å². The molecule has 2 aliphatic rings. The number of carbonyl (C=O) groups excluding carboxylic acids is 2. The average molecular weight is 458 g/mol. The van der Waals surface area contributed by atoms with Gasteiger partial charge < -0.3 is 20.1 Å². The molecule has 2 amide bonds. The smallest absolute Gasteiger partial charge is 0.291 e. The number of hydrogen-bond donors (Lipinski definition) is 2. The minimum absolute atomic E-state index is 0.0381. The lowest BCUT2D eigenvalue weighted by Gasteiger charge is -2.36. The van der Waals surface area contributed by atoms with Crippen LogP contribution in [-0.2, 0) is 16.1 Å². The summed E-state index contributed by atoms with van der Waals surface area (Å²) in [4.78, 5) is 40.3. The first-order valence-electron chi connectivity index (χ1n) is 11.4. The first-order valence-corrected chi connectivity index (χ1v) is 11.4. The van der Waals surface area contributed by atoms with Gasteiger partial charge in [-0.2, -0.15) is 9.61 Å². The molecule has 33 heavy (non-hydrogen) atoms. The molecule has 1 aliphatic carbocycles. The molecule has 10 heteroatoms. The molecule has 3 heterocycles. The molecular formula is C23H31N5O5. The van der Waals surface area contributed by atoms with Crippen LogP contribution in [0.3, 0.4) is 0 Å². The van der Waals surface area contributed by atoms with Crippen LogP contribution >= 0.6 is 0 Å². The van der Waals surface area contributed by atoms with E-state index in [1.54, 1.807) is 11.0 Å². The molecule has 10 nitrogen and oxygen atoms in total. The minimum atomic E-state index is -0.692. The fourth-order valence-corrected chi connectivity index (χ4v) is 4.02. The van der Waals surface area contributed by atoms with Gasteiger partial charge in [0.25, 0.3) is 11.5 Å². The van der Waals surface area contributed by atoms with E-state index in [2.05, 4.69) is 10.4 Å². The normalized spacial score (nSPS) is 21.3. The second-order valence-electron chi connectivity index (χ2n) is 9.41. The largest absolute Gasteiger partial charge is 0.494 e. The van der Waals surface area contributed by atoms with Crippen LogP contribution in [0.25, 0.3) is 11.7 Å². The van der Waals surface area contributed by atoms with Crippen molar-refractivity contribution in [2.24, 2.45) is 5.92 Å². The van der Waals surface area contributed by atoms with Crippen molar-refractivity contribution < 1.29 is 19.4 Å². The maximum absolute atomic E-state index is 13.1. The molecule has 178 valence electrons. The van der Waals surface area contributed by atoms with Crippen LogP contribution in [0.4, 0.5) is 0 Å².